The number of ether oxygens (including phenoxy) is 3. The molecule has 1 aliphatic heterocycles. The van der Waals surface area contributed by atoms with Crippen molar-refractivity contribution in [3.05, 3.63) is 59.4 Å². The Bertz CT molecular complexity index is 1010. The molecule has 1 aromatic heterocycles. The number of rotatable bonds is 6. The largest absolute Gasteiger partial charge is 0.496 e. The zero-order valence-corrected chi connectivity index (χ0v) is 17.5. The van der Waals surface area contributed by atoms with Gasteiger partial charge in [0.1, 0.15) is 17.2 Å². The Kier molecular flexibility index (Phi) is 5.72. The van der Waals surface area contributed by atoms with Crippen LogP contribution in [0.2, 0.25) is 0 Å². The monoisotopic (exact) mass is 406 g/mol. The van der Waals surface area contributed by atoms with Crippen LogP contribution in [0.4, 0.5) is 5.69 Å². The van der Waals surface area contributed by atoms with Gasteiger partial charge in [0.25, 0.3) is 0 Å². The second-order valence-electron chi connectivity index (χ2n) is 7.26. The van der Waals surface area contributed by atoms with Gasteiger partial charge in [0.2, 0.25) is 0 Å². The first kappa shape index (κ1) is 20.0. The molecule has 2 N–H and O–H groups in total. The molecule has 0 unspecified atom stereocenters. The lowest BCUT2D eigenvalue weighted by molar-refractivity contribution is 0.234. The number of benzene rings is 2. The molecule has 0 fully saturated rings. The molecule has 0 bridgehead atoms. The minimum Gasteiger partial charge on any atom is -0.496 e. The first-order valence-corrected chi connectivity index (χ1v) is 9.83. The van der Waals surface area contributed by atoms with Crippen molar-refractivity contribution in [3.63, 3.8) is 0 Å². The molecule has 30 heavy (non-hydrogen) atoms. The van der Waals surface area contributed by atoms with Gasteiger partial charge in [-0.2, -0.15) is 0 Å². The van der Waals surface area contributed by atoms with Crippen LogP contribution < -0.4 is 19.9 Å². The standard InChI is InChI=1S/C23H26N4O3/c1-28-18-10-21(29-2)19(22(11-18)30-3)14-27-9-8-20-16(13-27)12-25-23(26-20)15-4-6-17(24)7-5-15/h4-7,10-12H,8-9,13-14,24H2,1-3H3. The predicted molar refractivity (Wildman–Crippen MR) is 116 cm³/mol. The Morgan fingerprint density at radius 2 is 1.70 bits per heavy atom. The van der Waals surface area contributed by atoms with Crippen molar-refractivity contribution >= 4 is 5.69 Å². The third kappa shape index (κ3) is 4.02. The Morgan fingerprint density at radius 3 is 2.33 bits per heavy atom. The number of hydrogen-bond donors (Lipinski definition) is 1. The first-order valence-electron chi connectivity index (χ1n) is 9.83. The highest BCUT2D eigenvalue weighted by Crippen LogP contribution is 2.35. The lowest BCUT2D eigenvalue weighted by Gasteiger charge is -2.29. The molecular weight excluding hydrogens is 380 g/mol. The molecule has 1 aliphatic rings. The van der Waals surface area contributed by atoms with Gasteiger partial charge in [-0.3, -0.25) is 4.90 Å². The molecule has 0 aliphatic carbocycles. The summed E-state index contributed by atoms with van der Waals surface area (Å²) in [5, 5.41) is 0. The summed E-state index contributed by atoms with van der Waals surface area (Å²) in [5.41, 5.74) is 10.7. The summed E-state index contributed by atoms with van der Waals surface area (Å²) in [7, 11) is 4.96. The summed E-state index contributed by atoms with van der Waals surface area (Å²) in [5.74, 6) is 2.96. The van der Waals surface area contributed by atoms with Crippen LogP contribution in [0.15, 0.2) is 42.6 Å². The first-order chi connectivity index (χ1) is 14.6. The fourth-order valence-corrected chi connectivity index (χ4v) is 3.74. The molecule has 0 spiro atoms. The Labute approximate surface area is 176 Å². The molecule has 0 atom stereocenters. The second-order valence-corrected chi connectivity index (χ2v) is 7.26. The van der Waals surface area contributed by atoms with E-state index in [1.165, 1.54) is 0 Å². The van der Waals surface area contributed by atoms with E-state index in [1.807, 2.05) is 42.6 Å². The Morgan fingerprint density at radius 1 is 1.00 bits per heavy atom. The third-order valence-corrected chi connectivity index (χ3v) is 5.38. The van der Waals surface area contributed by atoms with Gasteiger partial charge in [-0.25, -0.2) is 9.97 Å². The molecule has 7 heteroatoms. The van der Waals surface area contributed by atoms with E-state index in [4.69, 9.17) is 24.9 Å². The number of nitrogens with zero attached hydrogens (tertiary/aromatic N) is 3. The number of anilines is 1. The maximum atomic E-state index is 5.78. The highest BCUT2D eigenvalue weighted by atomic mass is 16.5. The maximum absolute atomic E-state index is 5.78. The number of fused-ring (bicyclic) bond motifs is 1. The normalized spacial score (nSPS) is 13.6. The number of nitrogen functional groups attached to an aromatic ring is 1. The van der Waals surface area contributed by atoms with E-state index in [-0.39, 0.29) is 0 Å². The summed E-state index contributed by atoms with van der Waals surface area (Å²) in [4.78, 5) is 11.7. The van der Waals surface area contributed by atoms with Gasteiger partial charge >= 0.3 is 0 Å². The quantitative estimate of drug-likeness (QED) is 0.629. The third-order valence-electron chi connectivity index (χ3n) is 5.38. The van der Waals surface area contributed by atoms with Gasteiger partial charge in [0, 0.05) is 61.2 Å². The molecule has 4 rings (SSSR count). The van der Waals surface area contributed by atoms with Crippen LogP contribution in [0.5, 0.6) is 17.2 Å². The van der Waals surface area contributed by atoms with Crippen molar-refractivity contribution in [2.75, 3.05) is 33.6 Å². The van der Waals surface area contributed by atoms with Crippen molar-refractivity contribution in [2.45, 2.75) is 19.5 Å². The van der Waals surface area contributed by atoms with Crippen LogP contribution in [0.1, 0.15) is 16.8 Å². The molecule has 0 radical (unpaired) electrons. The van der Waals surface area contributed by atoms with E-state index in [9.17, 15) is 0 Å². The molecule has 0 amide bonds. The van der Waals surface area contributed by atoms with E-state index in [0.717, 1.165) is 64.9 Å². The SMILES string of the molecule is COc1cc(OC)c(CN2CCc3nc(-c4ccc(N)cc4)ncc3C2)c(OC)c1. The Hall–Kier alpha value is -3.32. The summed E-state index contributed by atoms with van der Waals surface area (Å²) >= 11 is 0. The van der Waals surface area contributed by atoms with Crippen molar-refractivity contribution in [1.29, 1.82) is 0 Å². The van der Waals surface area contributed by atoms with Crippen LogP contribution in [-0.4, -0.2) is 42.7 Å². The number of nitrogens with two attached hydrogens (primary N) is 1. The summed E-state index contributed by atoms with van der Waals surface area (Å²) in [6.07, 6.45) is 2.79. The average Bonchev–Trinajstić information content (AvgIpc) is 2.79. The fourth-order valence-electron chi connectivity index (χ4n) is 3.74. The van der Waals surface area contributed by atoms with Crippen molar-refractivity contribution in [1.82, 2.24) is 14.9 Å². The van der Waals surface area contributed by atoms with Crippen LogP contribution in [0.3, 0.4) is 0 Å². The zero-order chi connectivity index (χ0) is 21.1. The van der Waals surface area contributed by atoms with E-state index >= 15 is 0 Å². The van der Waals surface area contributed by atoms with Gasteiger partial charge in [0.05, 0.1) is 32.6 Å². The maximum Gasteiger partial charge on any atom is 0.159 e. The number of aromatic nitrogens is 2. The highest BCUT2D eigenvalue weighted by molar-refractivity contribution is 5.59. The lowest BCUT2D eigenvalue weighted by atomic mass is 10.0. The van der Waals surface area contributed by atoms with Gasteiger partial charge < -0.3 is 19.9 Å². The van der Waals surface area contributed by atoms with E-state index in [1.54, 1.807) is 21.3 Å². The molecule has 2 heterocycles. The second kappa shape index (κ2) is 8.59. The summed E-state index contributed by atoms with van der Waals surface area (Å²) in [6.45, 7) is 2.37. The predicted octanol–water partition coefficient (Wildman–Crippen LogP) is 3.31. The molecule has 2 aromatic carbocycles. The smallest absolute Gasteiger partial charge is 0.159 e. The van der Waals surface area contributed by atoms with Crippen LogP contribution in [0.25, 0.3) is 11.4 Å². The van der Waals surface area contributed by atoms with Gasteiger partial charge in [-0.05, 0) is 24.3 Å². The van der Waals surface area contributed by atoms with Gasteiger partial charge in [-0.15, -0.1) is 0 Å². The van der Waals surface area contributed by atoms with Gasteiger partial charge in [0.15, 0.2) is 5.82 Å². The highest BCUT2D eigenvalue weighted by Gasteiger charge is 2.22. The molecule has 156 valence electrons. The molecular formula is C23H26N4O3. The minimum absolute atomic E-state index is 0.704. The summed E-state index contributed by atoms with van der Waals surface area (Å²) in [6, 6.07) is 11.4. The molecule has 3 aromatic rings. The van der Waals surface area contributed by atoms with Crippen LogP contribution in [0, 0.1) is 0 Å². The molecule has 0 saturated heterocycles. The van der Waals surface area contributed by atoms with Gasteiger partial charge in [-0.1, -0.05) is 0 Å². The van der Waals surface area contributed by atoms with E-state index in [2.05, 4.69) is 9.88 Å². The van der Waals surface area contributed by atoms with Crippen molar-refractivity contribution in [3.8, 4) is 28.6 Å². The van der Waals surface area contributed by atoms with Crippen LogP contribution in [-0.2, 0) is 19.5 Å². The summed E-state index contributed by atoms with van der Waals surface area (Å²) < 4.78 is 16.5. The van der Waals surface area contributed by atoms with E-state index in [0.29, 0.717) is 12.3 Å². The Balaban J connectivity index is 1.55. The molecule has 0 saturated carbocycles. The number of hydrogen-bond acceptors (Lipinski definition) is 7. The average molecular weight is 406 g/mol. The lowest BCUT2D eigenvalue weighted by Crippen LogP contribution is -2.31. The topological polar surface area (TPSA) is 82.7 Å². The number of methoxy groups -OCH3 is 3. The van der Waals surface area contributed by atoms with Crippen LogP contribution >= 0.6 is 0 Å². The van der Waals surface area contributed by atoms with Crippen molar-refractivity contribution < 1.29 is 14.2 Å². The fraction of sp³-hybridized carbons (Fsp3) is 0.304. The molecule has 7 nitrogen and oxygen atoms in total. The minimum atomic E-state index is 0.704. The zero-order valence-electron chi connectivity index (χ0n) is 17.5. The van der Waals surface area contributed by atoms with Crippen molar-refractivity contribution in [2.24, 2.45) is 0 Å². The van der Waals surface area contributed by atoms with E-state index < -0.39 is 0 Å².